The van der Waals surface area contributed by atoms with E-state index in [1.807, 2.05) is 20.8 Å². The first-order valence-corrected chi connectivity index (χ1v) is 6.66. The van der Waals surface area contributed by atoms with Crippen LogP contribution in [-0.2, 0) is 11.2 Å². The monoisotopic (exact) mass is 318 g/mol. The van der Waals surface area contributed by atoms with E-state index in [0.29, 0.717) is 12.1 Å². The van der Waals surface area contributed by atoms with Crippen LogP contribution in [0.25, 0.3) is 0 Å². The van der Waals surface area contributed by atoms with E-state index in [9.17, 15) is 9.18 Å². The molecule has 21 heavy (non-hydrogen) atoms. The lowest BCUT2D eigenvalue weighted by Gasteiger charge is -2.33. The number of hydrogen-bond acceptors (Lipinski definition) is 3. The van der Waals surface area contributed by atoms with Crippen LogP contribution >= 0.6 is 12.4 Å². The van der Waals surface area contributed by atoms with Crippen LogP contribution < -0.4 is 15.8 Å². The molecule has 0 aliphatic heterocycles. The molecule has 0 fully saturated rings. The number of hydrogen-bond donors (Lipinski definition) is 2. The van der Waals surface area contributed by atoms with Crippen molar-refractivity contribution in [3.63, 3.8) is 0 Å². The highest BCUT2D eigenvalue weighted by molar-refractivity contribution is 5.85. The SMILES string of the molecule is COc1ccc(CC(=O)NC(C)(CN)C(C)C)cc1F.Cl. The number of methoxy groups -OCH3 is 1. The molecule has 0 spiro atoms. The van der Waals surface area contributed by atoms with Crippen molar-refractivity contribution in [2.24, 2.45) is 11.7 Å². The molecule has 0 aliphatic rings. The van der Waals surface area contributed by atoms with E-state index < -0.39 is 11.4 Å². The Morgan fingerprint density at radius 1 is 1.48 bits per heavy atom. The van der Waals surface area contributed by atoms with E-state index in [4.69, 9.17) is 10.5 Å². The van der Waals surface area contributed by atoms with E-state index >= 15 is 0 Å². The maximum atomic E-state index is 13.6. The molecule has 4 nitrogen and oxygen atoms in total. The van der Waals surface area contributed by atoms with Gasteiger partial charge in [-0.05, 0) is 30.5 Å². The van der Waals surface area contributed by atoms with Crippen LogP contribution in [0.15, 0.2) is 18.2 Å². The maximum Gasteiger partial charge on any atom is 0.224 e. The van der Waals surface area contributed by atoms with Crippen molar-refractivity contribution in [3.8, 4) is 5.75 Å². The highest BCUT2D eigenvalue weighted by Crippen LogP contribution is 2.19. The number of carbonyl (C=O) groups excluding carboxylic acids is 1. The molecule has 0 saturated heterocycles. The second-order valence-electron chi connectivity index (χ2n) is 5.47. The van der Waals surface area contributed by atoms with Gasteiger partial charge in [-0.3, -0.25) is 4.79 Å². The molecule has 0 saturated carbocycles. The summed E-state index contributed by atoms with van der Waals surface area (Å²) in [5.74, 6) is -0.258. The minimum absolute atomic E-state index is 0. The number of rotatable bonds is 6. The Kier molecular flexibility index (Phi) is 7.68. The van der Waals surface area contributed by atoms with Gasteiger partial charge in [-0.2, -0.15) is 0 Å². The van der Waals surface area contributed by atoms with Crippen LogP contribution in [0.3, 0.4) is 0 Å². The average molecular weight is 319 g/mol. The summed E-state index contributed by atoms with van der Waals surface area (Å²) in [6, 6.07) is 4.51. The lowest BCUT2D eigenvalue weighted by molar-refractivity contribution is -0.122. The van der Waals surface area contributed by atoms with Crippen molar-refractivity contribution in [1.82, 2.24) is 5.32 Å². The number of halogens is 2. The van der Waals surface area contributed by atoms with Crippen molar-refractivity contribution in [2.75, 3.05) is 13.7 Å². The molecule has 120 valence electrons. The standard InChI is InChI=1S/C15H23FN2O2.ClH/c1-10(2)15(3,9-17)18-14(19)8-11-5-6-13(20-4)12(16)7-11;/h5-7,10H,8-9,17H2,1-4H3,(H,18,19);1H. The van der Waals surface area contributed by atoms with Gasteiger partial charge in [-0.15, -0.1) is 12.4 Å². The van der Waals surface area contributed by atoms with E-state index in [-0.39, 0.29) is 36.4 Å². The van der Waals surface area contributed by atoms with Crippen LogP contribution in [0.1, 0.15) is 26.3 Å². The topological polar surface area (TPSA) is 64.3 Å². The van der Waals surface area contributed by atoms with E-state index in [2.05, 4.69) is 5.32 Å². The van der Waals surface area contributed by atoms with E-state index in [1.165, 1.54) is 19.2 Å². The largest absolute Gasteiger partial charge is 0.494 e. The number of benzene rings is 1. The van der Waals surface area contributed by atoms with Gasteiger partial charge < -0.3 is 15.8 Å². The van der Waals surface area contributed by atoms with Gasteiger partial charge in [0.25, 0.3) is 0 Å². The number of nitrogens with one attached hydrogen (secondary N) is 1. The molecule has 6 heteroatoms. The van der Waals surface area contributed by atoms with Gasteiger partial charge in [0.15, 0.2) is 11.6 Å². The summed E-state index contributed by atoms with van der Waals surface area (Å²) >= 11 is 0. The third-order valence-electron chi connectivity index (χ3n) is 3.70. The zero-order valence-electron chi connectivity index (χ0n) is 12.9. The summed E-state index contributed by atoms with van der Waals surface area (Å²) in [5.41, 5.74) is 5.86. The molecule has 0 aromatic heterocycles. The normalized spacial score (nSPS) is 13.3. The molecule has 1 unspecified atom stereocenters. The van der Waals surface area contributed by atoms with Crippen LogP contribution in [0.4, 0.5) is 4.39 Å². The van der Waals surface area contributed by atoms with Gasteiger partial charge >= 0.3 is 0 Å². The molecule has 1 atom stereocenters. The van der Waals surface area contributed by atoms with Gasteiger partial charge in [0.1, 0.15) is 0 Å². The van der Waals surface area contributed by atoms with Crippen LogP contribution in [-0.4, -0.2) is 25.1 Å². The summed E-state index contributed by atoms with van der Waals surface area (Å²) in [5, 5.41) is 2.92. The molecule has 0 aliphatic carbocycles. The van der Waals surface area contributed by atoms with Crippen LogP contribution in [0.5, 0.6) is 5.75 Å². The summed E-state index contributed by atoms with van der Waals surface area (Å²) in [6.45, 7) is 6.26. The van der Waals surface area contributed by atoms with Gasteiger partial charge in [-0.1, -0.05) is 19.9 Å². The van der Waals surface area contributed by atoms with Gasteiger partial charge in [0.2, 0.25) is 5.91 Å². The predicted molar refractivity (Wildman–Crippen MR) is 84.3 cm³/mol. The van der Waals surface area contributed by atoms with Crippen LogP contribution in [0.2, 0.25) is 0 Å². The molecule has 0 bridgehead atoms. The molecule has 0 radical (unpaired) electrons. The first-order valence-electron chi connectivity index (χ1n) is 6.66. The van der Waals surface area contributed by atoms with Crippen molar-refractivity contribution < 1.29 is 13.9 Å². The van der Waals surface area contributed by atoms with E-state index in [0.717, 1.165) is 0 Å². The summed E-state index contributed by atoms with van der Waals surface area (Å²) in [7, 11) is 1.40. The molecular weight excluding hydrogens is 295 g/mol. The Labute approximate surface area is 131 Å². The molecular formula is C15H24ClFN2O2. The highest BCUT2D eigenvalue weighted by Gasteiger charge is 2.28. The fourth-order valence-corrected chi connectivity index (χ4v) is 1.80. The second kappa shape index (κ2) is 8.20. The van der Waals surface area contributed by atoms with Crippen molar-refractivity contribution in [1.29, 1.82) is 0 Å². The van der Waals surface area contributed by atoms with Crippen molar-refractivity contribution in [2.45, 2.75) is 32.7 Å². The summed E-state index contributed by atoms with van der Waals surface area (Å²) in [4.78, 5) is 12.0. The molecule has 3 N–H and O–H groups in total. The molecule has 1 aromatic carbocycles. The Morgan fingerprint density at radius 3 is 2.52 bits per heavy atom. The first-order chi connectivity index (χ1) is 9.32. The number of nitrogens with two attached hydrogens (primary N) is 1. The van der Waals surface area contributed by atoms with Crippen LogP contribution in [0, 0.1) is 11.7 Å². The van der Waals surface area contributed by atoms with Gasteiger partial charge in [0, 0.05) is 6.54 Å². The minimum atomic E-state index is -0.469. The molecule has 1 aromatic rings. The molecule has 0 heterocycles. The second-order valence-corrected chi connectivity index (χ2v) is 5.47. The number of amides is 1. The zero-order chi connectivity index (χ0) is 15.3. The fourth-order valence-electron chi connectivity index (χ4n) is 1.80. The smallest absolute Gasteiger partial charge is 0.224 e. The van der Waals surface area contributed by atoms with Gasteiger partial charge in [0.05, 0.1) is 19.1 Å². The summed E-state index contributed by atoms with van der Waals surface area (Å²) in [6.07, 6.45) is 0.114. The quantitative estimate of drug-likeness (QED) is 0.846. The van der Waals surface area contributed by atoms with Crippen molar-refractivity contribution in [3.05, 3.63) is 29.6 Å². The number of carbonyl (C=O) groups is 1. The number of ether oxygens (including phenoxy) is 1. The predicted octanol–water partition coefficient (Wildman–Crippen LogP) is 2.29. The molecule has 1 amide bonds. The first kappa shape index (κ1) is 19.7. The third kappa shape index (κ3) is 5.17. The van der Waals surface area contributed by atoms with Crippen molar-refractivity contribution >= 4 is 18.3 Å². The lowest BCUT2D eigenvalue weighted by atomic mass is 9.88. The Bertz CT molecular complexity index is 483. The lowest BCUT2D eigenvalue weighted by Crippen LogP contribution is -2.55. The average Bonchev–Trinajstić information content (AvgIpc) is 2.38. The highest BCUT2D eigenvalue weighted by atomic mass is 35.5. The Morgan fingerprint density at radius 2 is 2.10 bits per heavy atom. The minimum Gasteiger partial charge on any atom is -0.494 e. The van der Waals surface area contributed by atoms with E-state index in [1.54, 1.807) is 6.07 Å². The third-order valence-corrected chi connectivity index (χ3v) is 3.70. The molecule has 1 rings (SSSR count). The maximum absolute atomic E-state index is 13.6. The summed E-state index contributed by atoms with van der Waals surface area (Å²) < 4.78 is 18.4. The Hall–Kier alpha value is -1.33. The fraction of sp³-hybridized carbons (Fsp3) is 0.533. The Balaban J connectivity index is 0.00000400. The van der Waals surface area contributed by atoms with Gasteiger partial charge in [-0.25, -0.2) is 4.39 Å². The zero-order valence-corrected chi connectivity index (χ0v) is 13.7.